The van der Waals surface area contributed by atoms with Crippen molar-refractivity contribution in [2.45, 2.75) is 5.54 Å². The molecule has 0 amide bonds. The summed E-state index contributed by atoms with van der Waals surface area (Å²) in [5, 5.41) is 5.44. The average Bonchev–Trinajstić information content (AvgIpc) is 3.53. The molecule has 1 aliphatic rings. The van der Waals surface area contributed by atoms with Gasteiger partial charge in [-0.3, -0.25) is 4.79 Å². The van der Waals surface area contributed by atoms with Gasteiger partial charge in [-0.05, 0) is 48.5 Å². The van der Waals surface area contributed by atoms with Crippen LogP contribution in [0.2, 0.25) is 0 Å². The largest absolute Gasteiger partial charge is 0.497 e. The molecule has 3 aromatic carbocycles. The van der Waals surface area contributed by atoms with Crippen LogP contribution < -0.4 is 14.8 Å². The highest BCUT2D eigenvalue weighted by Crippen LogP contribution is 2.48. The van der Waals surface area contributed by atoms with Crippen molar-refractivity contribution in [3.05, 3.63) is 89.7 Å². The van der Waals surface area contributed by atoms with E-state index in [1.807, 2.05) is 73.1 Å². The smallest absolute Gasteiger partial charge is 0.199 e. The Morgan fingerprint density at radius 3 is 1.84 bits per heavy atom. The van der Waals surface area contributed by atoms with Gasteiger partial charge in [-0.1, -0.05) is 12.1 Å². The van der Waals surface area contributed by atoms with Gasteiger partial charge in [0, 0.05) is 56.6 Å². The number of nitrogens with one attached hydrogen (secondary N) is 3. The fourth-order valence-corrected chi connectivity index (χ4v) is 4.85. The number of aromatic nitrogens is 2. The van der Waals surface area contributed by atoms with Gasteiger partial charge in [0.15, 0.2) is 11.3 Å². The maximum absolute atomic E-state index is 14.2. The van der Waals surface area contributed by atoms with E-state index in [1.54, 1.807) is 14.2 Å². The highest BCUT2D eigenvalue weighted by Gasteiger charge is 2.50. The van der Waals surface area contributed by atoms with Crippen LogP contribution in [0.3, 0.4) is 0 Å². The summed E-state index contributed by atoms with van der Waals surface area (Å²) < 4.78 is 11.0. The number of anilines is 1. The first-order chi connectivity index (χ1) is 15.7. The Kier molecular flexibility index (Phi) is 3.86. The summed E-state index contributed by atoms with van der Waals surface area (Å²) in [4.78, 5) is 20.8. The molecule has 0 fully saturated rings. The summed E-state index contributed by atoms with van der Waals surface area (Å²) in [6, 6.07) is 19.3. The molecule has 6 rings (SSSR count). The monoisotopic (exact) mass is 423 g/mol. The molecule has 0 unspecified atom stereocenters. The topological polar surface area (TPSA) is 79.1 Å². The predicted octanol–water partition coefficient (Wildman–Crippen LogP) is 5.22. The van der Waals surface area contributed by atoms with Gasteiger partial charge in [0.1, 0.15) is 11.5 Å². The van der Waals surface area contributed by atoms with E-state index >= 15 is 0 Å². The van der Waals surface area contributed by atoms with Crippen molar-refractivity contribution in [2.24, 2.45) is 0 Å². The summed E-state index contributed by atoms with van der Waals surface area (Å²) in [7, 11) is 3.29. The Labute approximate surface area is 184 Å². The van der Waals surface area contributed by atoms with Crippen molar-refractivity contribution >= 4 is 33.3 Å². The quantitative estimate of drug-likeness (QED) is 0.370. The zero-order valence-corrected chi connectivity index (χ0v) is 17.7. The molecule has 32 heavy (non-hydrogen) atoms. The van der Waals surface area contributed by atoms with Crippen molar-refractivity contribution in [3.63, 3.8) is 0 Å². The lowest BCUT2D eigenvalue weighted by atomic mass is 9.79. The Morgan fingerprint density at radius 2 is 1.31 bits per heavy atom. The number of benzene rings is 3. The van der Waals surface area contributed by atoms with Crippen molar-refractivity contribution in [1.82, 2.24) is 9.97 Å². The van der Waals surface area contributed by atoms with Crippen LogP contribution >= 0.6 is 0 Å². The molecule has 0 radical (unpaired) electrons. The number of carbonyl (C=O) groups excluding carboxylic acids is 1. The number of H-pyrrole nitrogens is 2. The Bertz CT molecular complexity index is 1430. The number of ketones is 1. The van der Waals surface area contributed by atoms with Crippen LogP contribution in [0.25, 0.3) is 21.8 Å². The molecule has 1 aliphatic heterocycles. The Balaban J connectivity index is 1.70. The van der Waals surface area contributed by atoms with Gasteiger partial charge in [0.25, 0.3) is 0 Å². The first-order valence-corrected chi connectivity index (χ1v) is 10.4. The number of aromatic amines is 2. The molecule has 0 spiro atoms. The summed E-state index contributed by atoms with van der Waals surface area (Å²) in [6.45, 7) is 0. The van der Waals surface area contributed by atoms with Crippen LogP contribution in [0.1, 0.15) is 21.5 Å². The van der Waals surface area contributed by atoms with E-state index in [2.05, 4.69) is 15.3 Å². The third kappa shape index (κ3) is 2.37. The van der Waals surface area contributed by atoms with Crippen molar-refractivity contribution in [2.75, 3.05) is 19.5 Å². The molecule has 0 atom stereocenters. The lowest BCUT2D eigenvalue weighted by molar-refractivity contribution is 0.0942. The number of carbonyl (C=O) groups is 1. The molecule has 0 bridgehead atoms. The first kappa shape index (κ1) is 18.6. The minimum Gasteiger partial charge on any atom is -0.497 e. The van der Waals surface area contributed by atoms with E-state index in [0.29, 0.717) is 5.56 Å². The predicted molar refractivity (Wildman–Crippen MR) is 125 cm³/mol. The average molecular weight is 423 g/mol. The van der Waals surface area contributed by atoms with E-state index < -0.39 is 5.54 Å². The summed E-state index contributed by atoms with van der Waals surface area (Å²) in [5.41, 5.74) is 3.92. The minimum atomic E-state index is -1.11. The molecule has 3 heterocycles. The molecule has 0 saturated heterocycles. The second kappa shape index (κ2) is 6.65. The second-order valence-electron chi connectivity index (χ2n) is 7.98. The van der Waals surface area contributed by atoms with Crippen LogP contribution in [-0.4, -0.2) is 30.0 Å². The molecule has 2 aromatic heterocycles. The third-order valence-corrected chi connectivity index (χ3v) is 6.42. The summed E-state index contributed by atoms with van der Waals surface area (Å²) in [6.07, 6.45) is 3.83. The number of hydrogen-bond donors (Lipinski definition) is 3. The standard InChI is InChI=1S/C26H21N3O3/c1-31-15-7-9-22-18(11-15)20(13-27-22)26(25(30)17-5-3-4-6-24(17)29-26)21-14-28-23-10-8-16(32-2)12-19(21)23/h3-14,27-29H,1-2H3. The van der Waals surface area contributed by atoms with Crippen LogP contribution in [-0.2, 0) is 5.54 Å². The Morgan fingerprint density at radius 1 is 0.750 bits per heavy atom. The van der Waals surface area contributed by atoms with Crippen LogP contribution in [0.15, 0.2) is 73.1 Å². The number of Topliss-reactive ketones (excluding diaryl/α,β-unsaturated/α-hetero) is 1. The van der Waals surface area contributed by atoms with Gasteiger partial charge >= 0.3 is 0 Å². The molecule has 6 heteroatoms. The molecule has 3 N–H and O–H groups in total. The Hall–Kier alpha value is -4.19. The van der Waals surface area contributed by atoms with E-state index in [1.165, 1.54) is 0 Å². The van der Waals surface area contributed by atoms with Crippen molar-refractivity contribution < 1.29 is 14.3 Å². The van der Waals surface area contributed by atoms with Gasteiger partial charge < -0.3 is 24.8 Å². The first-order valence-electron chi connectivity index (χ1n) is 10.4. The van der Waals surface area contributed by atoms with Crippen molar-refractivity contribution in [3.8, 4) is 11.5 Å². The zero-order chi connectivity index (χ0) is 21.9. The number of ether oxygens (including phenoxy) is 2. The van der Waals surface area contributed by atoms with E-state index in [4.69, 9.17) is 9.47 Å². The SMILES string of the molecule is COc1ccc2[nH]cc(C3(c4c[nH]c5ccc(OC)cc45)Nc4ccccc4C3=O)c2c1. The van der Waals surface area contributed by atoms with Gasteiger partial charge in [-0.2, -0.15) is 0 Å². The van der Waals surface area contributed by atoms with E-state index in [-0.39, 0.29) is 5.78 Å². The maximum Gasteiger partial charge on any atom is 0.199 e. The van der Waals surface area contributed by atoms with Crippen molar-refractivity contribution in [1.29, 1.82) is 0 Å². The third-order valence-electron chi connectivity index (χ3n) is 6.42. The number of hydrogen-bond acceptors (Lipinski definition) is 4. The number of methoxy groups -OCH3 is 2. The maximum atomic E-state index is 14.2. The molecular formula is C26H21N3O3. The fourth-order valence-electron chi connectivity index (χ4n) is 4.85. The molecule has 0 saturated carbocycles. The number of para-hydroxylation sites is 1. The van der Waals surface area contributed by atoms with E-state index in [0.717, 1.165) is 50.1 Å². The zero-order valence-electron chi connectivity index (χ0n) is 17.7. The molecule has 5 aromatic rings. The van der Waals surface area contributed by atoms with Gasteiger partial charge in [-0.25, -0.2) is 0 Å². The molecule has 158 valence electrons. The van der Waals surface area contributed by atoms with Gasteiger partial charge in [0.2, 0.25) is 0 Å². The van der Waals surface area contributed by atoms with Gasteiger partial charge in [0.05, 0.1) is 14.2 Å². The summed E-state index contributed by atoms with van der Waals surface area (Å²) in [5.74, 6) is 1.47. The molecule has 0 aliphatic carbocycles. The van der Waals surface area contributed by atoms with Crippen LogP contribution in [0, 0.1) is 0 Å². The van der Waals surface area contributed by atoms with E-state index in [9.17, 15) is 4.79 Å². The number of fused-ring (bicyclic) bond motifs is 3. The lowest BCUT2D eigenvalue weighted by Gasteiger charge is -2.29. The second-order valence-corrected chi connectivity index (χ2v) is 7.98. The molecular weight excluding hydrogens is 402 g/mol. The fraction of sp³-hybridized carbons (Fsp3) is 0.115. The lowest BCUT2D eigenvalue weighted by Crippen LogP contribution is -2.39. The summed E-state index contributed by atoms with van der Waals surface area (Å²) >= 11 is 0. The number of rotatable bonds is 4. The van der Waals surface area contributed by atoms with Gasteiger partial charge in [-0.15, -0.1) is 0 Å². The molecule has 6 nitrogen and oxygen atoms in total. The highest BCUT2D eigenvalue weighted by molar-refractivity contribution is 6.18. The normalized spacial score (nSPS) is 14.5. The highest BCUT2D eigenvalue weighted by atomic mass is 16.5. The van der Waals surface area contributed by atoms with Crippen LogP contribution in [0.5, 0.6) is 11.5 Å². The van der Waals surface area contributed by atoms with Crippen LogP contribution in [0.4, 0.5) is 5.69 Å². The minimum absolute atomic E-state index is 0.000500.